The van der Waals surface area contributed by atoms with Gasteiger partial charge in [-0.3, -0.25) is 14.5 Å². The molecule has 8 heteroatoms. The van der Waals surface area contributed by atoms with Crippen LogP contribution < -0.4 is 5.73 Å². The summed E-state index contributed by atoms with van der Waals surface area (Å²) in [6.07, 6.45) is 3.21. The Kier molecular flexibility index (Phi) is 9.19. The van der Waals surface area contributed by atoms with E-state index in [9.17, 15) is 19.5 Å². The van der Waals surface area contributed by atoms with Crippen molar-refractivity contribution in [1.82, 2.24) is 4.90 Å². The van der Waals surface area contributed by atoms with Gasteiger partial charge in [0, 0.05) is 12.6 Å². The molecule has 0 bridgehead atoms. The molecule has 144 valence electrons. The van der Waals surface area contributed by atoms with Gasteiger partial charge in [0.2, 0.25) is 0 Å². The number of hydrogen-bond acceptors (Lipinski definition) is 5. The second-order valence-electron chi connectivity index (χ2n) is 7.16. The van der Waals surface area contributed by atoms with Crippen LogP contribution in [0.15, 0.2) is 12.3 Å². The van der Waals surface area contributed by atoms with Gasteiger partial charge < -0.3 is 20.7 Å². The number of rotatable bonds is 9. The minimum Gasteiger partial charge on any atom is -0.481 e. The lowest BCUT2D eigenvalue weighted by Gasteiger charge is -2.35. The standard InChI is InChI=1S/C17H30N2O6/c1-11(2)14(13(18)15(22)23)19(16(24)25-17(3,4)5)10-8-6-7-9-12(20)21/h8,10-11,13-14H,6-7,9,18H2,1-5H3,(H,20,21)(H,22,23)/t13-,14?/m0/s1. The highest BCUT2D eigenvalue weighted by molar-refractivity contribution is 5.77. The molecule has 25 heavy (non-hydrogen) atoms. The summed E-state index contributed by atoms with van der Waals surface area (Å²) in [6, 6.07) is -2.08. The Bertz CT molecular complexity index is 496. The van der Waals surface area contributed by atoms with Gasteiger partial charge in [-0.1, -0.05) is 19.9 Å². The number of allylic oxidation sites excluding steroid dienone is 1. The van der Waals surface area contributed by atoms with Crippen molar-refractivity contribution >= 4 is 18.0 Å². The molecule has 0 heterocycles. The molecule has 0 spiro atoms. The van der Waals surface area contributed by atoms with Crippen LogP contribution in [0.4, 0.5) is 4.79 Å². The zero-order valence-electron chi connectivity index (χ0n) is 15.6. The van der Waals surface area contributed by atoms with Crippen LogP contribution in [-0.2, 0) is 14.3 Å². The summed E-state index contributed by atoms with van der Waals surface area (Å²) >= 11 is 0. The van der Waals surface area contributed by atoms with Crippen molar-refractivity contribution in [2.75, 3.05) is 0 Å². The number of carbonyl (C=O) groups excluding carboxylic acids is 1. The lowest BCUT2D eigenvalue weighted by molar-refractivity contribution is -0.140. The normalized spacial score (nSPS) is 14.4. The predicted octanol–water partition coefficient (Wildman–Crippen LogP) is 2.43. The summed E-state index contributed by atoms with van der Waals surface area (Å²) in [4.78, 5) is 35.6. The van der Waals surface area contributed by atoms with E-state index in [-0.39, 0.29) is 12.3 Å². The van der Waals surface area contributed by atoms with E-state index in [0.29, 0.717) is 12.8 Å². The minimum atomic E-state index is -1.28. The third-order valence-corrected chi connectivity index (χ3v) is 3.29. The molecule has 0 rings (SSSR count). The van der Waals surface area contributed by atoms with Crippen molar-refractivity contribution < 1.29 is 29.3 Å². The van der Waals surface area contributed by atoms with Crippen molar-refractivity contribution in [3.63, 3.8) is 0 Å². The first kappa shape index (κ1) is 22.9. The first-order valence-electron chi connectivity index (χ1n) is 8.25. The lowest BCUT2D eigenvalue weighted by Crippen LogP contribution is -2.55. The van der Waals surface area contributed by atoms with Crippen LogP contribution >= 0.6 is 0 Å². The van der Waals surface area contributed by atoms with Crippen LogP contribution in [0, 0.1) is 5.92 Å². The monoisotopic (exact) mass is 358 g/mol. The summed E-state index contributed by atoms with van der Waals surface area (Å²) in [5, 5.41) is 17.9. The quantitative estimate of drug-likeness (QED) is 0.539. The van der Waals surface area contributed by atoms with Crippen LogP contribution in [0.1, 0.15) is 53.9 Å². The van der Waals surface area contributed by atoms with Crippen LogP contribution in [0.5, 0.6) is 0 Å². The Hall–Kier alpha value is -2.09. The molecule has 0 aliphatic rings. The summed E-state index contributed by atoms with van der Waals surface area (Å²) in [5.74, 6) is -2.35. The molecule has 1 amide bonds. The first-order chi connectivity index (χ1) is 11.4. The number of unbranched alkanes of at least 4 members (excludes halogenated alkanes) is 1. The molecule has 1 unspecified atom stereocenters. The van der Waals surface area contributed by atoms with Crippen LogP contribution in [0.2, 0.25) is 0 Å². The van der Waals surface area contributed by atoms with Gasteiger partial charge in [0.25, 0.3) is 0 Å². The molecular weight excluding hydrogens is 328 g/mol. The highest BCUT2D eigenvalue weighted by Crippen LogP contribution is 2.19. The Labute approximate surface area is 148 Å². The number of nitrogens with zero attached hydrogens (tertiary/aromatic N) is 1. The minimum absolute atomic E-state index is 0.0129. The first-order valence-corrected chi connectivity index (χ1v) is 8.25. The van der Waals surface area contributed by atoms with E-state index >= 15 is 0 Å². The SMILES string of the molecule is CC(C)C([C@H](N)C(=O)O)N(C=CCCCC(=O)O)C(=O)OC(C)(C)C. The summed E-state index contributed by atoms with van der Waals surface area (Å²) in [5.41, 5.74) is 5.02. The van der Waals surface area contributed by atoms with Crippen LogP contribution in [0.3, 0.4) is 0 Å². The van der Waals surface area contributed by atoms with Gasteiger partial charge in [-0.25, -0.2) is 4.79 Å². The van der Waals surface area contributed by atoms with Gasteiger partial charge in [0.1, 0.15) is 11.6 Å². The lowest BCUT2D eigenvalue weighted by atomic mass is 9.95. The average molecular weight is 358 g/mol. The van der Waals surface area contributed by atoms with Gasteiger partial charge in [0.15, 0.2) is 0 Å². The maximum atomic E-state index is 12.5. The zero-order chi connectivity index (χ0) is 19.8. The Morgan fingerprint density at radius 3 is 2.16 bits per heavy atom. The average Bonchev–Trinajstić information content (AvgIpc) is 2.42. The van der Waals surface area contributed by atoms with Gasteiger partial charge in [-0.15, -0.1) is 0 Å². The molecule has 8 nitrogen and oxygen atoms in total. The molecule has 0 aromatic carbocycles. The second-order valence-corrected chi connectivity index (χ2v) is 7.16. The maximum Gasteiger partial charge on any atom is 0.414 e. The van der Waals surface area contributed by atoms with E-state index in [2.05, 4.69) is 0 Å². The summed E-state index contributed by atoms with van der Waals surface area (Å²) < 4.78 is 5.35. The Balaban J connectivity index is 5.40. The number of carbonyl (C=O) groups is 3. The van der Waals surface area contributed by atoms with Crippen molar-refractivity contribution in [2.45, 2.75) is 71.6 Å². The number of ether oxygens (including phenoxy) is 1. The fraction of sp³-hybridized carbons (Fsp3) is 0.706. The number of hydrogen-bond donors (Lipinski definition) is 3. The zero-order valence-corrected chi connectivity index (χ0v) is 15.6. The fourth-order valence-corrected chi connectivity index (χ4v) is 2.21. The Morgan fingerprint density at radius 1 is 1.20 bits per heavy atom. The molecule has 0 saturated heterocycles. The smallest absolute Gasteiger partial charge is 0.414 e. The number of carboxylic acid groups (broad SMARTS) is 2. The molecule has 0 aromatic heterocycles. The molecule has 4 N–H and O–H groups in total. The largest absolute Gasteiger partial charge is 0.481 e. The summed E-state index contributed by atoms with van der Waals surface area (Å²) in [6.45, 7) is 8.66. The number of carboxylic acids is 2. The highest BCUT2D eigenvalue weighted by atomic mass is 16.6. The maximum absolute atomic E-state index is 12.5. The van der Waals surface area contributed by atoms with E-state index < -0.39 is 35.7 Å². The second kappa shape index (κ2) is 10.0. The third kappa shape index (κ3) is 9.09. The fourth-order valence-electron chi connectivity index (χ4n) is 2.21. The van der Waals surface area contributed by atoms with Crippen LogP contribution in [-0.4, -0.2) is 50.8 Å². The van der Waals surface area contributed by atoms with Crippen molar-refractivity contribution in [3.05, 3.63) is 12.3 Å². The molecule has 0 radical (unpaired) electrons. The molecule has 2 atom stereocenters. The number of amides is 1. The molecule has 0 fully saturated rings. The van der Waals surface area contributed by atoms with E-state index in [1.807, 2.05) is 0 Å². The van der Waals surface area contributed by atoms with Crippen LogP contribution in [0.25, 0.3) is 0 Å². The van der Waals surface area contributed by atoms with Gasteiger partial charge in [0.05, 0.1) is 6.04 Å². The van der Waals surface area contributed by atoms with Gasteiger partial charge in [-0.2, -0.15) is 0 Å². The van der Waals surface area contributed by atoms with Gasteiger partial charge >= 0.3 is 18.0 Å². The third-order valence-electron chi connectivity index (χ3n) is 3.29. The van der Waals surface area contributed by atoms with E-state index in [1.54, 1.807) is 40.7 Å². The highest BCUT2D eigenvalue weighted by Gasteiger charge is 2.36. The number of nitrogens with two attached hydrogens (primary N) is 1. The number of aliphatic carboxylic acids is 2. The molecule has 0 saturated carbocycles. The Morgan fingerprint density at radius 2 is 1.76 bits per heavy atom. The molecular formula is C17H30N2O6. The topological polar surface area (TPSA) is 130 Å². The molecule has 0 aromatic rings. The van der Waals surface area contributed by atoms with Gasteiger partial charge in [-0.05, 0) is 39.5 Å². The van der Waals surface area contributed by atoms with Crippen molar-refractivity contribution in [3.8, 4) is 0 Å². The van der Waals surface area contributed by atoms with Crippen molar-refractivity contribution in [1.29, 1.82) is 0 Å². The van der Waals surface area contributed by atoms with E-state index in [0.717, 1.165) is 0 Å². The van der Waals surface area contributed by atoms with E-state index in [4.69, 9.17) is 15.6 Å². The molecule has 0 aliphatic heterocycles. The van der Waals surface area contributed by atoms with Crippen molar-refractivity contribution in [2.24, 2.45) is 11.7 Å². The van der Waals surface area contributed by atoms with E-state index in [1.165, 1.54) is 11.1 Å². The predicted molar refractivity (Wildman–Crippen MR) is 92.9 cm³/mol. The summed E-state index contributed by atoms with van der Waals surface area (Å²) in [7, 11) is 0. The molecule has 0 aliphatic carbocycles.